The molecule has 116 valence electrons. The van der Waals surface area contributed by atoms with Crippen LogP contribution in [-0.4, -0.2) is 20.3 Å². The number of hydrogen-bond acceptors (Lipinski definition) is 3. The third kappa shape index (κ3) is 2.53. The van der Waals surface area contributed by atoms with Crippen LogP contribution in [0.25, 0.3) is 16.9 Å². The first-order valence-electron chi connectivity index (χ1n) is 7.42. The van der Waals surface area contributed by atoms with Crippen molar-refractivity contribution in [2.24, 2.45) is 0 Å². The van der Waals surface area contributed by atoms with Crippen LogP contribution >= 0.6 is 15.9 Å². The van der Waals surface area contributed by atoms with Gasteiger partial charge < -0.3 is 0 Å². The second-order valence-electron chi connectivity index (χ2n) is 5.31. The lowest BCUT2D eigenvalue weighted by molar-refractivity contribution is 0.103. The summed E-state index contributed by atoms with van der Waals surface area (Å²) in [5.41, 5.74) is 2.06. The second kappa shape index (κ2) is 6.02. The molecule has 0 atom stereocenters. The summed E-state index contributed by atoms with van der Waals surface area (Å²) in [6.07, 6.45) is 3.34. The van der Waals surface area contributed by atoms with Crippen LogP contribution in [0.4, 0.5) is 0 Å². The van der Waals surface area contributed by atoms with Crippen LogP contribution in [-0.2, 0) is 0 Å². The van der Waals surface area contributed by atoms with Gasteiger partial charge in [-0.25, -0.2) is 9.97 Å². The van der Waals surface area contributed by atoms with E-state index in [0.717, 1.165) is 15.4 Å². The van der Waals surface area contributed by atoms with Crippen molar-refractivity contribution in [2.45, 2.75) is 0 Å². The van der Waals surface area contributed by atoms with E-state index in [9.17, 15) is 4.79 Å². The third-order valence-corrected chi connectivity index (χ3v) is 4.28. The summed E-state index contributed by atoms with van der Waals surface area (Å²) >= 11 is 3.42. The largest absolute Gasteiger partial charge is 0.287 e. The second-order valence-corrected chi connectivity index (χ2v) is 6.23. The molecule has 2 heterocycles. The van der Waals surface area contributed by atoms with Crippen molar-refractivity contribution in [3.63, 3.8) is 0 Å². The van der Waals surface area contributed by atoms with E-state index < -0.39 is 0 Å². The van der Waals surface area contributed by atoms with Crippen molar-refractivity contribution in [1.29, 1.82) is 0 Å². The monoisotopic (exact) mass is 377 g/mol. The number of halogens is 1. The summed E-state index contributed by atoms with van der Waals surface area (Å²) in [5.74, 6) is 0.414. The van der Waals surface area contributed by atoms with E-state index in [1.54, 1.807) is 29.1 Å². The first-order chi connectivity index (χ1) is 11.7. The van der Waals surface area contributed by atoms with Crippen LogP contribution < -0.4 is 0 Å². The lowest BCUT2D eigenvalue weighted by Crippen LogP contribution is -2.11. The Hall–Kier alpha value is -2.79. The van der Waals surface area contributed by atoms with E-state index in [2.05, 4.69) is 25.9 Å². The fourth-order valence-corrected chi connectivity index (χ4v) is 3.12. The smallest absolute Gasteiger partial charge is 0.234 e. The molecule has 0 spiro atoms. The molecule has 0 unspecified atom stereocenters. The van der Waals surface area contributed by atoms with Crippen molar-refractivity contribution in [3.8, 4) is 5.95 Å². The van der Waals surface area contributed by atoms with Crippen LogP contribution in [0.3, 0.4) is 0 Å². The Labute approximate surface area is 146 Å². The summed E-state index contributed by atoms with van der Waals surface area (Å²) < 4.78 is 2.67. The molecule has 4 rings (SSSR count). The van der Waals surface area contributed by atoms with Crippen LogP contribution in [0.5, 0.6) is 0 Å². The Morgan fingerprint density at radius 3 is 2.50 bits per heavy atom. The number of para-hydroxylation sites is 1. The number of nitrogens with zero attached hydrogens (tertiary/aromatic N) is 3. The van der Waals surface area contributed by atoms with E-state index in [4.69, 9.17) is 0 Å². The maximum absolute atomic E-state index is 13.1. The molecule has 0 bridgehead atoms. The topological polar surface area (TPSA) is 47.8 Å². The maximum atomic E-state index is 13.1. The van der Waals surface area contributed by atoms with Crippen molar-refractivity contribution in [3.05, 3.63) is 88.8 Å². The minimum Gasteiger partial charge on any atom is -0.287 e. The molecular formula is C19H12BrN3O. The molecule has 0 N–H and O–H groups in total. The highest BCUT2D eigenvalue weighted by Crippen LogP contribution is 2.25. The van der Waals surface area contributed by atoms with Crippen LogP contribution in [0.2, 0.25) is 0 Å². The van der Waals surface area contributed by atoms with Gasteiger partial charge in [0.2, 0.25) is 11.7 Å². The van der Waals surface area contributed by atoms with Gasteiger partial charge in [-0.2, -0.15) is 0 Å². The quantitative estimate of drug-likeness (QED) is 0.496. The van der Waals surface area contributed by atoms with Gasteiger partial charge in [-0.1, -0.05) is 46.3 Å². The van der Waals surface area contributed by atoms with Gasteiger partial charge in [-0.15, -0.1) is 0 Å². The minimum atomic E-state index is -0.0695. The van der Waals surface area contributed by atoms with Crippen molar-refractivity contribution in [1.82, 2.24) is 14.5 Å². The fourth-order valence-electron chi connectivity index (χ4n) is 2.72. The molecule has 24 heavy (non-hydrogen) atoms. The third-order valence-electron chi connectivity index (χ3n) is 3.78. The van der Waals surface area contributed by atoms with Crippen molar-refractivity contribution in [2.75, 3.05) is 0 Å². The molecule has 4 nitrogen and oxygen atoms in total. The van der Waals surface area contributed by atoms with E-state index >= 15 is 0 Å². The highest BCUT2D eigenvalue weighted by molar-refractivity contribution is 9.10. The van der Waals surface area contributed by atoms with Crippen LogP contribution in [0.15, 0.2) is 77.5 Å². The van der Waals surface area contributed by atoms with Gasteiger partial charge in [0.05, 0.1) is 11.2 Å². The number of aromatic nitrogens is 3. The molecule has 0 radical (unpaired) electrons. The molecule has 0 aliphatic carbocycles. The average molecular weight is 378 g/mol. The van der Waals surface area contributed by atoms with Gasteiger partial charge in [0.15, 0.2) is 0 Å². The average Bonchev–Trinajstić information content (AvgIpc) is 3.01. The molecule has 0 aliphatic heterocycles. The Balaban J connectivity index is 1.97. The van der Waals surface area contributed by atoms with Gasteiger partial charge in [0, 0.05) is 27.8 Å². The van der Waals surface area contributed by atoms with Gasteiger partial charge in [0.1, 0.15) is 0 Å². The number of hydrogen-bond donors (Lipinski definition) is 0. The Morgan fingerprint density at radius 2 is 1.71 bits per heavy atom. The fraction of sp³-hybridized carbons (Fsp3) is 0. The lowest BCUT2D eigenvalue weighted by Gasteiger charge is -2.08. The molecule has 5 heteroatoms. The molecule has 0 saturated heterocycles. The lowest BCUT2D eigenvalue weighted by atomic mass is 10.1. The first-order valence-corrected chi connectivity index (χ1v) is 8.21. The van der Waals surface area contributed by atoms with E-state index in [0.29, 0.717) is 17.2 Å². The van der Waals surface area contributed by atoms with Crippen LogP contribution in [0, 0.1) is 0 Å². The zero-order valence-electron chi connectivity index (χ0n) is 12.6. The number of benzene rings is 2. The van der Waals surface area contributed by atoms with E-state index in [1.807, 2.05) is 48.5 Å². The first kappa shape index (κ1) is 14.8. The van der Waals surface area contributed by atoms with E-state index in [1.165, 1.54) is 0 Å². The zero-order valence-corrected chi connectivity index (χ0v) is 14.1. The summed E-state index contributed by atoms with van der Waals surface area (Å²) in [7, 11) is 0. The SMILES string of the molecule is O=C(c1cccc(Br)c1)c1cc2ccccc2n1-c1ncccn1. The van der Waals surface area contributed by atoms with Gasteiger partial charge >= 0.3 is 0 Å². The molecule has 0 fully saturated rings. The molecule has 2 aromatic carbocycles. The summed E-state index contributed by atoms with van der Waals surface area (Å²) in [6, 6.07) is 18.8. The van der Waals surface area contributed by atoms with Crippen molar-refractivity contribution < 1.29 is 4.79 Å². The standard InChI is InChI=1S/C19H12BrN3O/c20-15-7-3-6-14(11-15)18(24)17-12-13-5-1-2-8-16(13)23(17)19-21-9-4-10-22-19/h1-12H. The van der Waals surface area contributed by atoms with Crippen molar-refractivity contribution >= 4 is 32.6 Å². The van der Waals surface area contributed by atoms with Gasteiger partial charge in [-0.05, 0) is 30.3 Å². The molecule has 0 saturated carbocycles. The van der Waals surface area contributed by atoms with E-state index in [-0.39, 0.29) is 5.78 Å². The zero-order chi connectivity index (χ0) is 16.5. The summed E-state index contributed by atoms with van der Waals surface area (Å²) in [5, 5.41) is 0.975. The number of fused-ring (bicyclic) bond motifs is 1. The highest BCUT2D eigenvalue weighted by Gasteiger charge is 2.19. The number of ketones is 1. The molecule has 0 amide bonds. The van der Waals surface area contributed by atoms with Crippen LogP contribution in [0.1, 0.15) is 16.1 Å². The molecule has 0 aliphatic rings. The highest BCUT2D eigenvalue weighted by atomic mass is 79.9. The summed E-state index contributed by atoms with van der Waals surface area (Å²) in [6.45, 7) is 0. The van der Waals surface area contributed by atoms with Gasteiger partial charge in [-0.3, -0.25) is 9.36 Å². The predicted molar refractivity (Wildman–Crippen MR) is 96.4 cm³/mol. The Kier molecular flexibility index (Phi) is 3.70. The molecule has 2 aromatic heterocycles. The predicted octanol–water partition coefficient (Wildman–Crippen LogP) is 4.41. The Morgan fingerprint density at radius 1 is 0.917 bits per heavy atom. The summed E-state index contributed by atoms with van der Waals surface area (Å²) in [4.78, 5) is 21.7. The Bertz CT molecular complexity index is 1040. The number of carbonyl (C=O) groups excluding carboxylic acids is 1. The normalized spacial score (nSPS) is 10.9. The van der Waals surface area contributed by atoms with Gasteiger partial charge in [0.25, 0.3) is 0 Å². The molecular weight excluding hydrogens is 366 g/mol. The molecule has 4 aromatic rings. The number of carbonyl (C=O) groups is 1. The number of rotatable bonds is 3. The maximum Gasteiger partial charge on any atom is 0.234 e. The minimum absolute atomic E-state index is 0.0695.